The third-order valence-electron chi connectivity index (χ3n) is 5.46. The van der Waals surface area contributed by atoms with E-state index in [0.717, 1.165) is 17.6 Å². The Morgan fingerprint density at radius 2 is 1.72 bits per heavy atom. The normalized spacial score (nSPS) is 41.2. The number of hydrogen-bond donors (Lipinski definition) is 1. The van der Waals surface area contributed by atoms with Crippen molar-refractivity contribution in [1.82, 2.24) is 0 Å². The van der Waals surface area contributed by atoms with Crippen molar-refractivity contribution in [3.05, 3.63) is 23.7 Å². The Balaban J connectivity index is 1.72. The van der Waals surface area contributed by atoms with Gasteiger partial charge in [-0.25, -0.2) is 4.79 Å². The van der Waals surface area contributed by atoms with Crippen LogP contribution in [0.1, 0.15) is 54.1 Å². The molecule has 0 aromatic carbocycles. The largest absolute Gasteiger partial charge is 0.478 e. The summed E-state index contributed by atoms with van der Waals surface area (Å²) in [6, 6.07) is 1.61. The van der Waals surface area contributed by atoms with Crippen LogP contribution in [-0.4, -0.2) is 11.1 Å². The molecular formula is C15H18O3. The molecule has 96 valence electrons. The lowest BCUT2D eigenvalue weighted by molar-refractivity contribution is -0.0101. The van der Waals surface area contributed by atoms with E-state index in [9.17, 15) is 9.90 Å². The van der Waals surface area contributed by atoms with E-state index in [2.05, 4.69) is 0 Å². The Hall–Kier alpha value is -1.25. The highest BCUT2D eigenvalue weighted by molar-refractivity contribution is 5.88. The van der Waals surface area contributed by atoms with Gasteiger partial charge in [0.1, 0.15) is 11.3 Å². The zero-order valence-electron chi connectivity index (χ0n) is 10.3. The van der Waals surface area contributed by atoms with Gasteiger partial charge < -0.3 is 9.52 Å². The highest BCUT2D eigenvalue weighted by Gasteiger charge is 2.50. The Kier molecular flexibility index (Phi) is 2.14. The maximum Gasteiger partial charge on any atom is 0.339 e. The topological polar surface area (TPSA) is 50.4 Å². The Morgan fingerprint density at radius 1 is 1.11 bits per heavy atom. The second-order valence-electron chi connectivity index (χ2n) is 6.46. The van der Waals surface area contributed by atoms with Crippen LogP contribution in [0.15, 0.2) is 16.7 Å². The van der Waals surface area contributed by atoms with Crippen LogP contribution in [0, 0.1) is 23.7 Å². The summed E-state index contributed by atoms with van der Waals surface area (Å²) >= 11 is 0. The Bertz CT molecular complexity index is 460. The fourth-order valence-electron chi connectivity index (χ4n) is 5.11. The molecule has 4 aliphatic carbocycles. The molecule has 0 saturated heterocycles. The van der Waals surface area contributed by atoms with Crippen molar-refractivity contribution in [3.8, 4) is 0 Å². The third-order valence-corrected chi connectivity index (χ3v) is 5.46. The van der Waals surface area contributed by atoms with Crippen molar-refractivity contribution in [2.24, 2.45) is 23.7 Å². The molecule has 0 aliphatic heterocycles. The SMILES string of the molecule is O=C(O)c1ccoc1C1C2CC3CC(C2)CC1C3. The van der Waals surface area contributed by atoms with Gasteiger partial charge in [0.05, 0.1) is 6.26 Å². The average Bonchev–Trinajstić information content (AvgIpc) is 2.76. The molecule has 0 radical (unpaired) electrons. The van der Waals surface area contributed by atoms with E-state index in [-0.39, 0.29) is 0 Å². The van der Waals surface area contributed by atoms with Crippen molar-refractivity contribution in [2.45, 2.75) is 38.0 Å². The molecule has 1 heterocycles. The van der Waals surface area contributed by atoms with Gasteiger partial charge in [0.25, 0.3) is 0 Å². The standard InChI is InChI=1S/C15H18O3/c16-15(17)12-1-2-18-14(12)13-10-4-8-3-9(6-10)7-11(13)5-8/h1-2,8-11,13H,3-7H2,(H,16,17). The molecule has 18 heavy (non-hydrogen) atoms. The summed E-state index contributed by atoms with van der Waals surface area (Å²) in [6.45, 7) is 0. The van der Waals surface area contributed by atoms with E-state index in [1.807, 2.05) is 0 Å². The summed E-state index contributed by atoms with van der Waals surface area (Å²) < 4.78 is 5.57. The highest BCUT2D eigenvalue weighted by Crippen LogP contribution is 2.60. The van der Waals surface area contributed by atoms with Crippen LogP contribution in [0.3, 0.4) is 0 Å². The molecule has 5 rings (SSSR count). The van der Waals surface area contributed by atoms with Gasteiger partial charge in [0.15, 0.2) is 0 Å². The molecule has 3 nitrogen and oxygen atoms in total. The molecule has 1 aromatic rings. The smallest absolute Gasteiger partial charge is 0.339 e. The molecule has 0 spiro atoms. The molecule has 4 saturated carbocycles. The van der Waals surface area contributed by atoms with Crippen LogP contribution in [0.5, 0.6) is 0 Å². The highest BCUT2D eigenvalue weighted by atomic mass is 16.4. The molecule has 0 unspecified atom stereocenters. The number of furan rings is 1. The third kappa shape index (κ3) is 1.39. The minimum atomic E-state index is -0.840. The van der Waals surface area contributed by atoms with Crippen LogP contribution in [0.25, 0.3) is 0 Å². The quantitative estimate of drug-likeness (QED) is 0.868. The maximum absolute atomic E-state index is 11.3. The molecule has 0 amide bonds. The molecule has 4 aliphatic rings. The minimum absolute atomic E-state index is 0.374. The number of carbonyl (C=O) groups is 1. The summed E-state index contributed by atoms with van der Waals surface area (Å²) in [5.41, 5.74) is 0.396. The number of hydrogen-bond acceptors (Lipinski definition) is 2. The van der Waals surface area contributed by atoms with E-state index >= 15 is 0 Å². The summed E-state index contributed by atoms with van der Waals surface area (Å²) in [5.74, 6) is 3.46. The van der Waals surface area contributed by atoms with E-state index < -0.39 is 5.97 Å². The molecular weight excluding hydrogens is 228 g/mol. The van der Waals surface area contributed by atoms with Gasteiger partial charge in [-0.1, -0.05) is 0 Å². The van der Waals surface area contributed by atoms with Crippen molar-refractivity contribution in [2.75, 3.05) is 0 Å². The van der Waals surface area contributed by atoms with Crippen LogP contribution in [-0.2, 0) is 0 Å². The summed E-state index contributed by atoms with van der Waals surface area (Å²) in [5, 5.41) is 9.25. The molecule has 0 atom stereocenters. The van der Waals surface area contributed by atoms with Crippen LogP contribution in [0.2, 0.25) is 0 Å². The van der Waals surface area contributed by atoms with Crippen molar-refractivity contribution in [3.63, 3.8) is 0 Å². The average molecular weight is 246 g/mol. The number of rotatable bonds is 2. The van der Waals surface area contributed by atoms with E-state index in [1.54, 1.807) is 12.3 Å². The van der Waals surface area contributed by atoms with E-state index in [4.69, 9.17) is 4.42 Å². The second kappa shape index (κ2) is 3.62. The fourth-order valence-corrected chi connectivity index (χ4v) is 5.11. The molecule has 1 N–H and O–H groups in total. The van der Waals surface area contributed by atoms with Gasteiger partial charge in [-0.3, -0.25) is 0 Å². The summed E-state index contributed by atoms with van der Waals surface area (Å²) in [7, 11) is 0. The van der Waals surface area contributed by atoms with Gasteiger partial charge in [0.2, 0.25) is 0 Å². The van der Waals surface area contributed by atoms with Crippen LogP contribution >= 0.6 is 0 Å². The predicted molar refractivity (Wildman–Crippen MR) is 65.5 cm³/mol. The molecule has 3 heteroatoms. The fraction of sp³-hybridized carbons (Fsp3) is 0.667. The van der Waals surface area contributed by atoms with Gasteiger partial charge in [0, 0.05) is 5.92 Å². The lowest BCUT2D eigenvalue weighted by atomic mass is 9.51. The van der Waals surface area contributed by atoms with Gasteiger partial charge in [-0.2, -0.15) is 0 Å². The zero-order valence-corrected chi connectivity index (χ0v) is 10.3. The molecule has 4 bridgehead atoms. The zero-order chi connectivity index (χ0) is 12.3. The molecule has 4 fully saturated rings. The first-order valence-corrected chi connectivity index (χ1v) is 7.03. The van der Waals surface area contributed by atoms with Gasteiger partial charge in [-0.15, -0.1) is 0 Å². The van der Waals surface area contributed by atoms with Crippen LogP contribution in [0.4, 0.5) is 0 Å². The van der Waals surface area contributed by atoms with Gasteiger partial charge >= 0.3 is 5.97 Å². The first kappa shape index (κ1) is 10.7. The monoisotopic (exact) mass is 246 g/mol. The lowest BCUT2D eigenvalue weighted by Crippen LogP contribution is -2.44. The lowest BCUT2D eigenvalue weighted by Gasteiger charge is -2.53. The van der Waals surface area contributed by atoms with Crippen LogP contribution < -0.4 is 0 Å². The predicted octanol–water partition coefficient (Wildman–Crippen LogP) is 3.52. The first-order valence-electron chi connectivity index (χ1n) is 7.03. The Morgan fingerprint density at radius 3 is 2.28 bits per heavy atom. The first-order chi connectivity index (χ1) is 8.72. The maximum atomic E-state index is 11.3. The summed E-state index contributed by atoms with van der Waals surface area (Å²) in [6.07, 6.45) is 8.12. The number of carboxylic acids is 1. The van der Waals surface area contributed by atoms with Crippen molar-refractivity contribution >= 4 is 5.97 Å². The second-order valence-corrected chi connectivity index (χ2v) is 6.46. The number of carboxylic acid groups (broad SMARTS) is 1. The van der Waals surface area contributed by atoms with E-state index in [1.165, 1.54) is 32.1 Å². The molecule has 1 aromatic heterocycles. The van der Waals surface area contributed by atoms with E-state index in [0.29, 0.717) is 23.3 Å². The van der Waals surface area contributed by atoms with Crippen molar-refractivity contribution in [1.29, 1.82) is 0 Å². The van der Waals surface area contributed by atoms with Crippen molar-refractivity contribution < 1.29 is 14.3 Å². The van der Waals surface area contributed by atoms with Gasteiger partial charge in [-0.05, 0) is 61.8 Å². The summed E-state index contributed by atoms with van der Waals surface area (Å²) in [4.78, 5) is 11.3. The number of aromatic carboxylic acids is 1. The minimum Gasteiger partial charge on any atom is -0.478 e. The Labute approximate surface area is 106 Å².